The van der Waals surface area contributed by atoms with Crippen LogP contribution < -0.4 is 10.6 Å². The van der Waals surface area contributed by atoms with E-state index in [9.17, 15) is 57.5 Å². The Hall–Kier alpha value is -5.68. The minimum atomic E-state index is -0.657. The van der Waals surface area contributed by atoms with Crippen molar-refractivity contribution in [2.75, 3.05) is 52.7 Å². The number of ketones is 1. The Morgan fingerprint density at radius 2 is 0.649 bits per heavy atom. The zero-order chi connectivity index (χ0) is 54.0. The van der Waals surface area contributed by atoms with Crippen LogP contribution in [-0.2, 0) is 86.3 Å². The molecule has 0 bridgehead atoms. The van der Waals surface area contributed by atoms with Gasteiger partial charge in [0, 0.05) is 102 Å². The predicted molar refractivity (Wildman–Crippen MR) is 259 cm³/mol. The normalized spacial score (nSPS) is 14.9. The lowest BCUT2D eigenvalue weighted by atomic mass is 9.94. The van der Waals surface area contributed by atoms with Crippen molar-refractivity contribution in [2.24, 2.45) is 5.41 Å². The Labute approximate surface area is 433 Å². The third-order valence-electron chi connectivity index (χ3n) is 12.3. The van der Waals surface area contributed by atoms with E-state index in [4.69, 9.17) is 28.7 Å². The fourth-order valence-electron chi connectivity index (χ4n) is 7.92. The third-order valence-corrected chi connectivity index (χ3v) is 12.3. The summed E-state index contributed by atoms with van der Waals surface area (Å²) in [6, 6.07) is 0. The molecule has 416 valence electrons. The number of unbranched alkanes of at least 4 members (excludes halogenated alkanes) is 13. The van der Waals surface area contributed by atoms with Gasteiger partial charge >= 0.3 is 17.9 Å². The first-order valence-corrected chi connectivity index (χ1v) is 26.5. The molecule has 3 heterocycles. The number of nitrogens with zero attached hydrogens (tertiary/aromatic N) is 3. The van der Waals surface area contributed by atoms with E-state index >= 15 is 0 Å². The molecular weight excluding hydrogens is 971 g/mol. The maximum Gasteiger partial charge on any atom is 0.333 e. The van der Waals surface area contributed by atoms with Gasteiger partial charge in [-0.15, -0.1) is 15.2 Å². The van der Waals surface area contributed by atoms with Crippen molar-refractivity contribution in [1.29, 1.82) is 0 Å². The first-order chi connectivity index (χ1) is 35.6. The molecule has 0 aliphatic carbocycles. The van der Waals surface area contributed by atoms with Crippen molar-refractivity contribution in [3.8, 4) is 0 Å². The van der Waals surface area contributed by atoms with E-state index in [2.05, 4.69) is 10.6 Å². The van der Waals surface area contributed by atoms with Gasteiger partial charge in [-0.1, -0.05) is 71.1 Å². The zero-order valence-electron chi connectivity index (χ0n) is 43.4. The molecule has 3 aliphatic rings. The van der Waals surface area contributed by atoms with Crippen LogP contribution in [0.3, 0.4) is 0 Å². The van der Waals surface area contributed by atoms with Crippen LogP contribution in [0.1, 0.15) is 193 Å². The fourth-order valence-corrected chi connectivity index (χ4v) is 7.92. The molecule has 3 rings (SSSR count). The highest BCUT2D eigenvalue weighted by Gasteiger charge is 2.35. The van der Waals surface area contributed by atoms with Gasteiger partial charge in [0.25, 0.3) is 35.4 Å². The number of ether oxygens (including phenoxy) is 3. The van der Waals surface area contributed by atoms with E-state index in [1.165, 1.54) is 0 Å². The van der Waals surface area contributed by atoms with Gasteiger partial charge in [-0.2, -0.15) is 0 Å². The van der Waals surface area contributed by atoms with Gasteiger partial charge in [-0.25, -0.2) is 14.4 Å². The highest BCUT2D eigenvalue weighted by Crippen LogP contribution is 2.21. The van der Waals surface area contributed by atoms with Crippen molar-refractivity contribution in [3.05, 3.63) is 0 Å². The smallest absolute Gasteiger partial charge is 0.333 e. The minimum Gasteiger partial charge on any atom is -0.380 e. The van der Waals surface area contributed by atoms with Crippen LogP contribution in [0.5, 0.6) is 0 Å². The van der Waals surface area contributed by atoms with Crippen LogP contribution in [-0.4, -0.2) is 139 Å². The molecule has 0 spiro atoms. The van der Waals surface area contributed by atoms with Crippen LogP contribution in [0.15, 0.2) is 0 Å². The van der Waals surface area contributed by atoms with Crippen LogP contribution in [0, 0.1) is 5.41 Å². The average molecular weight is 1050 g/mol. The molecule has 0 saturated carbocycles. The van der Waals surface area contributed by atoms with E-state index in [0.29, 0.717) is 54.0 Å². The second-order valence-corrected chi connectivity index (χ2v) is 19.2. The quantitative estimate of drug-likeness (QED) is 0.0621. The molecule has 3 saturated heterocycles. The van der Waals surface area contributed by atoms with Crippen LogP contribution >= 0.6 is 0 Å². The van der Waals surface area contributed by atoms with Gasteiger partial charge in [0.2, 0.25) is 11.8 Å². The van der Waals surface area contributed by atoms with Crippen LogP contribution in [0.25, 0.3) is 0 Å². The van der Waals surface area contributed by atoms with Gasteiger partial charge in [0.1, 0.15) is 5.78 Å². The average Bonchev–Trinajstić information content (AvgIpc) is 3.98. The van der Waals surface area contributed by atoms with Gasteiger partial charge in [-0.05, 0) is 38.5 Å². The monoisotopic (exact) mass is 1050 g/mol. The van der Waals surface area contributed by atoms with E-state index in [1.807, 2.05) is 6.92 Å². The Kier molecular flexibility index (Phi) is 30.7. The molecule has 3 fully saturated rings. The van der Waals surface area contributed by atoms with Gasteiger partial charge in [0.15, 0.2) is 0 Å². The zero-order valence-corrected chi connectivity index (χ0v) is 43.4. The van der Waals surface area contributed by atoms with Crippen molar-refractivity contribution >= 4 is 70.9 Å². The van der Waals surface area contributed by atoms with Gasteiger partial charge < -0.3 is 39.4 Å². The van der Waals surface area contributed by atoms with Crippen molar-refractivity contribution in [3.63, 3.8) is 0 Å². The predicted octanol–water partition coefficient (Wildman–Crippen LogP) is 4.64. The van der Waals surface area contributed by atoms with Gasteiger partial charge in [-0.3, -0.25) is 43.2 Å². The summed E-state index contributed by atoms with van der Waals surface area (Å²) in [5.74, 6) is -5.13. The summed E-state index contributed by atoms with van der Waals surface area (Å²) in [6.07, 6.45) is 13.7. The Bertz CT molecular complexity index is 1640. The van der Waals surface area contributed by atoms with E-state index in [0.717, 1.165) is 83.5 Å². The summed E-state index contributed by atoms with van der Waals surface area (Å²) < 4.78 is 17.8. The highest BCUT2D eigenvalue weighted by atomic mass is 16.7. The summed E-state index contributed by atoms with van der Waals surface area (Å²) in [7, 11) is 0. The molecule has 0 aromatic heterocycles. The molecule has 8 amide bonds. The number of rotatable bonds is 43. The molecule has 3 aliphatic heterocycles. The van der Waals surface area contributed by atoms with Gasteiger partial charge in [0.05, 0.1) is 39.6 Å². The molecule has 74 heavy (non-hydrogen) atoms. The van der Waals surface area contributed by atoms with Crippen molar-refractivity contribution in [2.45, 2.75) is 193 Å². The first kappa shape index (κ1) is 62.6. The Morgan fingerprint density at radius 1 is 0.378 bits per heavy atom. The number of imide groups is 3. The second-order valence-electron chi connectivity index (χ2n) is 19.2. The standard InChI is InChI=1S/C51H79N5O18/c1-51(36-69-33-28-39(57)18-12-6-2-3-7-13-19-48(66)72-54-42(60)22-23-43(54)61,37-70-34-29-40(58)52-31-16-10-4-8-14-20-49(67)73-55-44(62)24-25-45(55)63)38-71-35-30-41(59)53-32-17-11-5-9-15-21-50(68)74-56-46(64)26-27-47(56)65/h2-38H2,1H3,(H,52,58)(H,53,59). The SMILES string of the molecule is CC(COCCC(=O)CCCCCCCCC(=O)ON1C(=O)CCC1=O)(COCCC(=O)NCCCCCCCC(=O)ON1C(=O)CCC1=O)COCCC(=O)NCCCCCCCC(=O)ON1C(=O)CCC1=O. The number of hydrogen-bond donors (Lipinski definition) is 2. The Morgan fingerprint density at radius 3 is 0.973 bits per heavy atom. The molecule has 0 atom stereocenters. The summed E-state index contributed by atoms with van der Waals surface area (Å²) in [6.45, 7) is 3.96. The maximum atomic E-state index is 12.6. The Balaban J connectivity index is 1.26. The second kappa shape index (κ2) is 36.3. The number of Topliss-reactive ketones (excluding diaryl/α,β-unsaturated/α-hetero) is 1. The number of amides is 8. The largest absolute Gasteiger partial charge is 0.380 e. The summed E-state index contributed by atoms with van der Waals surface area (Å²) >= 11 is 0. The molecule has 2 N–H and O–H groups in total. The van der Waals surface area contributed by atoms with E-state index in [1.54, 1.807) is 0 Å². The van der Waals surface area contributed by atoms with E-state index < -0.39 is 58.8 Å². The molecule has 0 aromatic rings. The topological polar surface area (TPSA) is 294 Å². The molecular formula is C51H79N5O18. The number of hydrogen-bond acceptors (Lipinski definition) is 18. The number of carbonyl (C=O) groups excluding carboxylic acids is 12. The molecule has 0 unspecified atom stereocenters. The summed E-state index contributed by atoms with van der Waals surface area (Å²) in [5.41, 5.74) is -0.657. The first-order valence-electron chi connectivity index (χ1n) is 26.5. The lowest BCUT2D eigenvalue weighted by Gasteiger charge is -2.29. The summed E-state index contributed by atoms with van der Waals surface area (Å²) in [5, 5.41) is 7.42. The lowest BCUT2D eigenvalue weighted by Crippen LogP contribution is -2.36. The van der Waals surface area contributed by atoms with Crippen LogP contribution in [0.2, 0.25) is 0 Å². The molecule has 0 radical (unpaired) electrons. The van der Waals surface area contributed by atoms with Crippen LogP contribution in [0.4, 0.5) is 0 Å². The molecule has 23 heteroatoms. The van der Waals surface area contributed by atoms with E-state index in [-0.39, 0.29) is 134 Å². The lowest BCUT2D eigenvalue weighted by molar-refractivity contribution is -0.197. The fraction of sp³-hybridized carbons (Fsp3) is 0.765. The highest BCUT2D eigenvalue weighted by molar-refractivity contribution is 6.02. The maximum absolute atomic E-state index is 12.6. The third kappa shape index (κ3) is 27.0. The molecule has 0 aromatic carbocycles. The number of nitrogens with one attached hydrogen (secondary N) is 2. The van der Waals surface area contributed by atoms with Crippen molar-refractivity contribution in [1.82, 2.24) is 25.8 Å². The minimum absolute atomic E-state index is 0.0467. The molecule has 23 nitrogen and oxygen atoms in total. The number of carbonyl (C=O) groups is 12. The van der Waals surface area contributed by atoms with Crippen molar-refractivity contribution < 1.29 is 86.3 Å². The summed E-state index contributed by atoms with van der Waals surface area (Å²) in [4.78, 5) is 158. The number of hydroxylamine groups is 6.